The van der Waals surface area contributed by atoms with Crippen LogP contribution in [0.2, 0.25) is 0 Å². The number of ketones is 1. The molecule has 0 unspecified atom stereocenters. The molecule has 0 spiro atoms. The second kappa shape index (κ2) is 6.50. The molecule has 0 saturated carbocycles. The number of rotatable bonds is 4. The van der Waals surface area contributed by atoms with Gasteiger partial charge in [-0.2, -0.15) is 0 Å². The molecule has 96 valence electrons. The van der Waals surface area contributed by atoms with Gasteiger partial charge in [-0.25, -0.2) is 4.39 Å². The highest BCUT2D eigenvalue weighted by molar-refractivity contribution is 6.29. The second-order valence-corrected chi connectivity index (χ2v) is 4.65. The van der Waals surface area contributed by atoms with Crippen molar-refractivity contribution >= 4 is 23.0 Å². The molecular formula is C15H16ClFO. The first-order valence-corrected chi connectivity index (χ1v) is 6.17. The van der Waals surface area contributed by atoms with Gasteiger partial charge >= 0.3 is 0 Å². The Labute approximate surface area is 112 Å². The van der Waals surface area contributed by atoms with Crippen LogP contribution in [0.1, 0.15) is 43.1 Å². The molecule has 0 aliphatic rings. The average molecular weight is 267 g/mol. The predicted octanol–water partition coefficient (Wildman–Crippen LogP) is 4.96. The van der Waals surface area contributed by atoms with Gasteiger partial charge < -0.3 is 0 Å². The van der Waals surface area contributed by atoms with Crippen molar-refractivity contribution in [1.82, 2.24) is 0 Å². The van der Waals surface area contributed by atoms with Gasteiger partial charge in [0.05, 0.1) is 0 Å². The standard InChI is InChI=1S/C15H16ClFO/c1-4-12(6-5-10(2)16)14-9-13(11(3)18)7-8-15(14)17/h5-9H,4H2,1-3H3/b10-5+,12-6+. The number of allylic oxidation sites excluding steroid dienone is 4. The first kappa shape index (κ1) is 14.7. The van der Waals surface area contributed by atoms with E-state index in [-0.39, 0.29) is 11.6 Å². The van der Waals surface area contributed by atoms with Crippen molar-refractivity contribution in [3.8, 4) is 0 Å². The summed E-state index contributed by atoms with van der Waals surface area (Å²) in [5.41, 5.74) is 1.78. The third-order valence-corrected chi connectivity index (χ3v) is 2.74. The smallest absolute Gasteiger partial charge is 0.159 e. The highest BCUT2D eigenvalue weighted by atomic mass is 35.5. The zero-order valence-corrected chi connectivity index (χ0v) is 11.5. The molecule has 0 radical (unpaired) electrons. The van der Waals surface area contributed by atoms with Crippen LogP contribution in [-0.4, -0.2) is 5.78 Å². The lowest BCUT2D eigenvalue weighted by atomic mass is 9.99. The highest BCUT2D eigenvalue weighted by Gasteiger charge is 2.09. The molecule has 3 heteroatoms. The molecule has 0 aliphatic heterocycles. The van der Waals surface area contributed by atoms with Gasteiger partial charge in [-0.3, -0.25) is 4.79 Å². The minimum Gasteiger partial charge on any atom is -0.295 e. The lowest BCUT2D eigenvalue weighted by Gasteiger charge is -2.07. The average Bonchev–Trinajstić information content (AvgIpc) is 2.31. The Balaban J connectivity index is 3.28. The Kier molecular flexibility index (Phi) is 5.29. The van der Waals surface area contributed by atoms with Gasteiger partial charge in [0.25, 0.3) is 0 Å². The highest BCUT2D eigenvalue weighted by Crippen LogP contribution is 2.23. The minimum atomic E-state index is -0.325. The SMILES string of the molecule is CC/C(=C\C=C(/C)Cl)c1cc(C(C)=O)ccc1F. The number of benzene rings is 1. The third kappa shape index (κ3) is 3.81. The lowest BCUT2D eigenvalue weighted by molar-refractivity contribution is 0.101. The maximum absolute atomic E-state index is 13.8. The number of halogens is 2. The largest absolute Gasteiger partial charge is 0.295 e. The van der Waals surface area contributed by atoms with E-state index in [1.807, 2.05) is 6.92 Å². The van der Waals surface area contributed by atoms with Crippen molar-refractivity contribution < 1.29 is 9.18 Å². The van der Waals surface area contributed by atoms with E-state index in [2.05, 4.69) is 0 Å². The molecule has 1 nitrogen and oxygen atoms in total. The van der Waals surface area contributed by atoms with Crippen molar-refractivity contribution in [3.05, 3.63) is 52.3 Å². The molecule has 18 heavy (non-hydrogen) atoms. The molecule has 0 amide bonds. The van der Waals surface area contributed by atoms with Crippen molar-refractivity contribution in [3.63, 3.8) is 0 Å². The Morgan fingerprint density at radius 2 is 2.00 bits per heavy atom. The summed E-state index contributed by atoms with van der Waals surface area (Å²) >= 11 is 5.76. The third-order valence-electron chi connectivity index (χ3n) is 2.61. The molecule has 0 aliphatic carbocycles. The number of hydrogen-bond donors (Lipinski definition) is 0. The molecule has 1 aromatic rings. The molecule has 0 aromatic heterocycles. The van der Waals surface area contributed by atoms with Crippen LogP contribution in [0.5, 0.6) is 0 Å². The Bertz CT molecular complexity index is 511. The Morgan fingerprint density at radius 1 is 1.33 bits per heavy atom. The van der Waals surface area contributed by atoms with E-state index < -0.39 is 0 Å². The van der Waals surface area contributed by atoms with Crippen LogP contribution in [0.25, 0.3) is 5.57 Å². The minimum absolute atomic E-state index is 0.0734. The molecule has 1 aromatic carbocycles. The summed E-state index contributed by atoms with van der Waals surface area (Å²) < 4.78 is 13.8. The van der Waals surface area contributed by atoms with E-state index in [0.29, 0.717) is 22.6 Å². The van der Waals surface area contributed by atoms with Crippen LogP contribution < -0.4 is 0 Å². The summed E-state index contributed by atoms with van der Waals surface area (Å²) in [7, 11) is 0. The first-order valence-electron chi connectivity index (χ1n) is 5.79. The van der Waals surface area contributed by atoms with Gasteiger partial charge in [-0.15, -0.1) is 0 Å². The van der Waals surface area contributed by atoms with E-state index in [0.717, 1.165) is 5.57 Å². The summed E-state index contributed by atoms with van der Waals surface area (Å²) in [4.78, 5) is 11.3. The maximum Gasteiger partial charge on any atom is 0.159 e. The summed E-state index contributed by atoms with van der Waals surface area (Å²) in [6, 6.07) is 4.41. The van der Waals surface area contributed by atoms with Crippen LogP contribution in [0.15, 0.2) is 35.4 Å². The quantitative estimate of drug-likeness (QED) is 0.556. The van der Waals surface area contributed by atoms with Gasteiger partial charge in [0, 0.05) is 16.2 Å². The van der Waals surface area contributed by atoms with Gasteiger partial charge in [0.2, 0.25) is 0 Å². The van der Waals surface area contributed by atoms with Crippen LogP contribution in [0, 0.1) is 5.82 Å². The van der Waals surface area contributed by atoms with Crippen molar-refractivity contribution in [2.75, 3.05) is 0 Å². The zero-order chi connectivity index (χ0) is 13.7. The summed E-state index contributed by atoms with van der Waals surface area (Å²) in [6.07, 6.45) is 4.17. The van der Waals surface area contributed by atoms with E-state index in [1.165, 1.54) is 19.1 Å². The van der Waals surface area contributed by atoms with Crippen LogP contribution in [0.3, 0.4) is 0 Å². The number of carbonyl (C=O) groups is 1. The van der Waals surface area contributed by atoms with Gasteiger partial charge in [-0.05, 0) is 50.1 Å². The molecular weight excluding hydrogens is 251 g/mol. The zero-order valence-electron chi connectivity index (χ0n) is 10.8. The fourth-order valence-corrected chi connectivity index (χ4v) is 1.67. The molecule has 0 saturated heterocycles. The molecule has 0 fully saturated rings. The summed E-state index contributed by atoms with van der Waals surface area (Å²) in [6.45, 7) is 5.16. The monoisotopic (exact) mass is 266 g/mol. The first-order chi connectivity index (χ1) is 8.45. The van der Waals surface area contributed by atoms with Gasteiger partial charge in [-0.1, -0.05) is 24.6 Å². The number of hydrogen-bond acceptors (Lipinski definition) is 1. The Morgan fingerprint density at radius 3 is 2.50 bits per heavy atom. The Hall–Kier alpha value is -1.41. The van der Waals surface area contributed by atoms with Gasteiger partial charge in [0.1, 0.15) is 5.82 Å². The normalized spacial score (nSPS) is 12.7. The molecule has 1 rings (SSSR count). The van der Waals surface area contributed by atoms with E-state index in [9.17, 15) is 9.18 Å². The topological polar surface area (TPSA) is 17.1 Å². The van der Waals surface area contributed by atoms with Crippen LogP contribution in [0.4, 0.5) is 4.39 Å². The lowest BCUT2D eigenvalue weighted by Crippen LogP contribution is -1.96. The van der Waals surface area contributed by atoms with Gasteiger partial charge in [0.15, 0.2) is 5.78 Å². The van der Waals surface area contributed by atoms with E-state index in [1.54, 1.807) is 25.1 Å². The number of Topliss-reactive ketones (excluding diaryl/α,β-unsaturated/α-hetero) is 1. The van der Waals surface area contributed by atoms with E-state index in [4.69, 9.17) is 11.6 Å². The van der Waals surface area contributed by atoms with Crippen molar-refractivity contribution in [2.24, 2.45) is 0 Å². The van der Waals surface area contributed by atoms with Crippen molar-refractivity contribution in [2.45, 2.75) is 27.2 Å². The molecule has 0 bridgehead atoms. The fraction of sp³-hybridized carbons (Fsp3) is 0.267. The summed E-state index contributed by atoms with van der Waals surface area (Å²) in [5.74, 6) is -0.399. The second-order valence-electron chi connectivity index (χ2n) is 4.05. The van der Waals surface area contributed by atoms with Crippen LogP contribution in [-0.2, 0) is 0 Å². The molecule has 0 heterocycles. The van der Waals surface area contributed by atoms with E-state index >= 15 is 0 Å². The maximum atomic E-state index is 13.8. The number of carbonyl (C=O) groups excluding carboxylic acids is 1. The predicted molar refractivity (Wildman–Crippen MR) is 74.3 cm³/mol. The fourth-order valence-electron chi connectivity index (χ4n) is 1.60. The van der Waals surface area contributed by atoms with Crippen molar-refractivity contribution in [1.29, 1.82) is 0 Å². The molecule has 0 N–H and O–H groups in total. The summed E-state index contributed by atoms with van der Waals surface area (Å²) in [5, 5.41) is 0.629. The van der Waals surface area contributed by atoms with Crippen LogP contribution >= 0.6 is 11.6 Å². The molecule has 0 atom stereocenters.